The number of aromatic nitrogens is 2. The van der Waals surface area contributed by atoms with Crippen molar-refractivity contribution in [2.75, 3.05) is 5.75 Å². The molecule has 1 aliphatic rings. The van der Waals surface area contributed by atoms with E-state index in [1.165, 1.54) is 16.2 Å². The zero-order valence-corrected chi connectivity index (χ0v) is 13.9. The third-order valence-electron chi connectivity index (χ3n) is 3.68. The highest BCUT2D eigenvalue weighted by Crippen LogP contribution is 2.27. The zero-order valence-electron chi connectivity index (χ0n) is 11.5. The highest BCUT2D eigenvalue weighted by molar-refractivity contribution is 9.10. The summed E-state index contributed by atoms with van der Waals surface area (Å²) >= 11 is 5.31. The van der Waals surface area contributed by atoms with Crippen LogP contribution in [0.4, 0.5) is 0 Å². The Morgan fingerprint density at radius 1 is 1.14 bits per heavy atom. The minimum Gasteiger partial charge on any atom is -0.218 e. The summed E-state index contributed by atoms with van der Waals surface area (Å²) in [5, 5.41) is 6.05. The Hall–Kier alpha value is -1.59. The topological polar surface area (TPSA) is 21.2 Å². The molecule has 0 aliphatic carbocycles. The van der Waals surface area contributed by atoms with Gasteiger partial charge in [0.2, 0.25) is 5.52 Å². The van der Waals surface area contributed by atoms with E-state index in [0.717, 1.165) is 21.5 Å². The summed E-state index contributed by atoms with van der Waals surface area (Å²) in [6.07, 6.45) is 0. The number of imidazole rings is 1. The summed E-state index contributed by atoms with van der Waals surface area (Å²) in [5.74, 6) is 0.895. The van der Waals surface area contributed by atoms with Crippen molar-refractivity contribution in [3.05, 3.63) is 58.6 Å². The Balaban J connectivity index is 1.90. The smallest absolute Gasteiger partial charge is 0.218 e. The molecule has 0 spiro atoms. The van der Waals surface area contributed by atoms with Gasteiger partial charge in [-0.05, 0) is 36.0 Å². The van der Waals surface area contributed by atoms with Crippen molar-refractivity contribution in [2.24, 2.45) is 12.1 Å². The highest BCUT2D eigenvalue weighted by atomic mass is 79.9. The van der Waals surface area contributed by atoms with Gasteiger partial charge in [-0.2, -0.15) is 0 Å². The van der Waals surface area contributed by atoms with Crippen molar-refractivity contribution in [1.29, 1.82) is 0 Å². The lowest BCUT2D eigenvalue weighted by atomic mass is 10.1. The van der Waals surface area contributed by atoms with Crippen LogP contribution < -0.4 is 4.57 Å². The predicted molar refractivity (Wildman–Crippen MR) is 89.9 cm³/mol. The van der Waals surface area contributed by atoms with Gasteiger partial charge in [-0.3, -0.25) is 0 Å². The number of halogens is 1. The largest absolute Gasteiger partial charge is 0.344 e. The molecule has 21 heavy (non-hydrogen) atoms. The first-order valence-corrected chi connectivity index (χ1v) is 8.48. The van der Waals surface area contributed by atoms with E-state index in [-0.39, 0.29) is 0 Å². The zero-order chi connectivity index (χ0) is 14.4. The van der Waals surface area contributed by atoms with Crippen LogP contribution in [0.5, 0.6) is 0 Å². The maximum Gasteiger partial charge on any atom is 0.344 e. The lowest BCUT2D eigenvalue weighted by molar-refractivity contribution is -0.685. The Morgan fingerprint density at radius 2 is 1.90 bits per heavy atom. The lowest BCUT2D eigenvalue weighted by Crippen LogP contribution is -2.31. The molecule has 0 unspecified atom stereocenters. The molecule has 0 amide bonds. The van der Waals surface area contributed by atoms with Gasteiger partial charge in [0.25, 0.3) is 0 Å². The van der Waals surface area contributed by atoms with E-state index >= 15 is 0 Å². The Morgan fingerprint density at radius 3 is 2.71 bits per heavy atom. The molecule has 0 saturated carbocycles. The number of rotatable bonds is 1. The number of hydrogen-bond acceptors (Lipinski definition) is 2. The third-order valence-corrected chi connectivity index (χ3v) is 5.33. The van der Waals surface area contributed by atoms with Crippen LogP contribution in [-0.4, -0.2) is 16.1 Å². The molecule has 1 aromatic heterocycles. The fourth-order valence-corrected chi connectivity index (χ4v) is 3.90. The molecule has 3 aromatic rings. The van der Waals surface area contributed by atoms with Crippen LogP contribution in [0.25, 0.3) is 11.0 Å². The van der Waals surface area contributed by atoms with Gasteiger partial charge in [0, 0.05) is 10.0 Å². The number of aryl methyl sites for hydroxylation is 1. The molecule has 0 saturated heterocycles. The maximum atomic E-state index is 4.87. The first-order chi connectivity index (χ1) is 10.2. The van der Waals surface area contributed by atoms with Crippen LogP contribution in [0.15, 0.2) is 63.3 Å². The van der Waals surface area contributed by atoms with Gasteiger partial charge in [-0.1, -0.05) is 50.0 Å². The van der Waals surface area contributed by atoms with E-state index in [4.69, 9.17) is 5.10 Å². The molecule has 3 nitrogen and oxygen atoms in total. The number of para-hydroxylation sites is 2. The van der Waals surface area contributed by atoms with E-state index in [1.807, 2.05) is 11.8 Å². The second-order valence-electron chi connectivity index (χ2n) is 4.98. The molecule has 2 heterocycles. The van der Waals surface area contributed by atoms with E-state index < -0.39 is 0 Å². The first kappa shape index (κ1) is 13.1. The molecule has 0 bridgehead atoms. The van der Waals surface area contributed by atoms with Crippen molar-refractivity contribution in [2.45, 2.75) is 5.16 Å². The monoisotopic (exact) mass is 358 g/mol. The number of benzene rings is 2. The van der Waals surface area contributed by atoms with Crippen LogP contribution in [0.1, 0.15) is 5.56 Å². The van der Waals surface area contributed by atoms with Gasteiger partial charge in [-0.15, -0.1) is 0 Å². The Kier molecular flexibility index (Phi) is 3.12. The molecule has 0 radical (unpaired) electrons. The second-order valence-corrected chi connectivity index (χ2v) is 6.84. The van der Waals surface area contributed by atoms with E-state index in [0.29, 0.717) is 0 Å². The molecule has 5 heteroatoms. The van der Waals surface area contributed by atoms with Gasteiger partial charge in [0.15, 0.2) is 5.52 Å². The summed E-state index contributed by atoms with van der Waals surface area (Å²) in [5.41, 5.74) is 4.65. The SMILES string of the molecule is C[n+]1c2n(c3ccccc31)N=C(c1ccc(Br)cc1)CS2. The molecule has 2 aromatic carbocycles. The van der Waals surface area contributed by atoms with Crippen molar-refractivity contribution >= 4 is 44.4 Å². The molecule has 104 valence electrons. The summed E-state index contributed by atoms with van der Waals surface area (Å²) in [4.78, 5) is 0. The van der Waals surface area contributed by atoms with Crippen LogP contribution in [0, 0.1) is 0 Å². The predicted octanol–water partition coefficient (Wildman–Crippen LogP) is 3.59. The lowest BCUT2D eigenvalue weighted by Gasteiger charge is -2.09. The summed E-state index contributed by atoms with van der Waals surface area (Å²) in [6, 6.07) is 16.7. The van der Waals surface area contributed by atoms with Crippen molar-refractivity contribution in [3.63, 3.8) is 0 Å². The standard InChI is InChI=1S/C16H13BrN3S/c1-19-14-4-2-3-5-15(14)20-16(19)21-10-13(18-20)11-6-8-12(17)9-7-11/h2-9H,10H2,1H3/q+1. The van der Waals surface area contributed by atoms with Crippen molar-refractivity contribution in [3.8, 4) is 0 Å². The fraction of sp³-hybridized carbons (Fsp3) is 0.125. The van der Waals surface area contributed by atoms with Gasteiger partial charge in [0.05, 0.1) is 12.8 Å². The third kappa shape index (κ3) is 2.12. The summed E-state index contributed by atoms with van der Waals surface area (Å²) in [6.45, 7) is 0. The first-order valence-electron chi connectivity index (χ1n) is 6.70. The van der Waals surface area contributed by atoms with E-state index in [9.17, 15) is 0 Å². The average molecular weight is 359 g/mol. The minimum absolute atomic E-state index is 0.895. The Bertz CT molecular complexity index is 865. The van der Waals surface area contributed by atoms with Gasteiger partial charge >= 0.3 is 5.16 Å². The molecule has 1 aliphatic heterocycles. The van der Waals surface area contributed by atoms with Gasteiger partial charge < -0.3 is 0 Å². The number of nitrogens with zero attached hydrogens (tertiary/aromatic N) is 3. The van der Waals surface area contributed by atoms with Crippen LogP contribution >= 0.6 is 27.7 Å². The summed E-state index contributed by atoms with van der Waals surface area (Å²) in [7, 11) is 2.10. The van der Waals surface area contributed by atoms with Crippen LogP contribution in [0.3, 0.4) is 0 Å². The second kappa shape index (κ2) is 5.00. The molecule has 4 rings (SSSR count). The van der Waals surface area contributed by atoms with Crippen LogP contribution in [0.2, 0.25) is 0 Å². The Labute approximate surface area is 135 Å². The van der Waals surface area contributed by atoms with Crippen molar-refractivity contribution in [1.82, 2.24) is 4.68 Å². The molecular formula is C16H13BrN3S+. The summed E-state index contributed by atoms with van der Waals surface area (Å²) < 4.78 is 5.36. The van der Waals surface area contributed by atoms with E-state index in [1.54, 1.807) is 0 Å². The molecular weight excluding hydrogens is 346 g/mol. The average Bonchev–Trinajstić information content (AvgIpc) is 2.81. The fourth-order valence-electron chi connectivity index (χ4n) is 2.60. The molecule has 0 atom stereocenters. The molecule has 0 fully saturated rings. The number of thioether (sulfide) groups is 1. The van der Waals surface area contributed by atoms with Crippen LogP contribution in [-0.2, 0) is 7.05 Å². The van der Waals surface area contributed by atoms with E-state index in [2.05, 4.69) is 80.8 Å². The minimum atomic E-state index is 0.895. The number of fused-ring (bicyclic) bond motifs is 3. The van der Waals surface area contributed by atoms with Gasteiger partial charge in [-0.25, -0.2) is 4.57 Å². The highest BCUT2D eigenvalue weighted by Gasteiger charge is 2.28. The van der Waals surface area contributed by atoms with Crippen molar-refractivity contribution < 1.29 is 4.57 Å². The molecule has 0 N–H and O–H groups in total. The van der Waals surface area contributed by atoms with Gasteiger partial charge in [0.1, 0.15) is 5.71 Å². The number of hydrogen-bond donors (Lipinski definition) is 0. The normalized spacial score (nSPS) is 14.1. The maximum absolute atomic E-state index is 4.87. The quantitative estimate of drug-likeness (QED) is 0.609.